The van der Waals surface area contributed by atoms with Crippen LogP contribution in [0, 0.1) is 0 Å². The van der Waals surface area contributed by atoms with Crippen LogP contribution in [0.1, 0.15) is 20.8 Å². The Kier molecular flexibility index (Phi) is 5.07. The van der Waals surface area contributed by atoms with E-state index in [1.54, 1.807) is 18.5 Å². The number of ether oxygens (including phenoxy) is 1. The third-order valence-electron chi connectivity index (χ3n) is 3.52. The maximum atomic E-state index is 12.0. The molecule has 2 N–H and O–H groups in total. The number of rotatable bonds is 4. The normalized spacial score (nSPS) is 11.6. The molecule has 0 aliphatic rings. The third kappa shape index (κ3) is 4.08. The van der Waals surface area contributed by atoms with Crippen molar-refractivity contribution in [2.24, 2.45) is 0 Å². The largest absolute Gasteiger partial charge is 0.459 e. The van der Waals surface area contributed by atoms with Crippen LogP contribution in [0.3, 0.4) is 0 Å². The second-order valence-corrected chi connectivity index (χ2v) is 7.52. The average molecular weight is 393 g/mol. The molecule has 2 heterocycles. The highest BCUT2D eigenvalue weighted by atomic mass is 35.5. The van der Waals surface area contributed by atoms with Gasteiger partial charge in [-0.3, -0.25) is 9.89 Å². The molecule has 3 aromatic rings. The summed E-state index contributed by atoms with van der Waals surface area (Å²) in [5, 5.41) is 11.4. The number of carbonyl (C=O) groups is 1. The van der Waals surface area contributed by atoms with Gasteiger partial charge in [0.25, 0.3) is 0 Å². The molecule has 8 heteroatoms. The highest BCUT2D eigenvalue weighted by Crippen LogP contribution is 2.36. The first-order valence-electron chi connectivity index (χ1n) is 7.98. The molecule has 136 valence electrons. The van der Waals surface area contributed by atoms with E-state index in [9.17, 15) is 4.79 Å². The minimum Gasteiger partial charge on any atom is -0.459 e. The Labute approximate surface area is 160 Å². The van der Waals surface area contributed by atoms with Crippen molar-refractivity contribution < 1.29 is 9.53 Å². The van der Waals surface area contributed by atoms with Crippen LogP contribution in [0.2, 0.25) is 10.0 Å². The maximum Gasteiger partial charge on any atom is 0.325 e. The highest BCUT2D eigenvalue weighted by molar-refractivity contribution is 6.45. The van der Waals surface area contributed by atoms with Crippen molar-refractivity contribution in [1.29, 1.82) is 0 Å². The Bertz CT molecular complexity index is 950. The van der Waals surface area contributed by atoms with Gasteiger partial charge in [-0.1, -0.05) is 29.3 Å². The number of benzene rings is 1. The van der Waals surface area contributed by atoms with Crippen molar-refractivity contribution in [3.8, 4) is 11.1 Å². The van der Waals surface area contributed by atoms with Gasteiger partial charge in [0.05, 0.1) is 21.8 Å². The lowest BCUT2D eigenvalue weighted by molar-refractivity contribution is -0.152. The maximum absolute atomic E-state index is 12.0. The molecular formula is C18H18Cl2N4O2. The first-order valence-corrected chi connectivity index (χ1v) is 8.74. The van der Waals surface area contributed by atoms with E-state index >= 15 is 0 Å². The molecule has 0 unspecified atom stereocenters. The fourth-order valence-electron chi connectivity index (χ4n) is 2.50. The van der Waals surface area contributed by atoms with Crippen molar-refractivity contribution in [3.63, 3.8) is 0 Å². The van der Waals surface area contributed by atoms with Crippen LogP contribution in [-0.2, 0) is 9.53 Å². The molecule has 26 heavy (non-hydrogen) atoms. The quantitative estimate of drug-likeness (QED) is 0.629. The summed E-state index contributed by atoms with van der Waals surface area (Å²) >= 11 is 12.5. The predicted molar refractivity (Wildman–Crippen MR) is 104 cm³/mol. The average Bonchev–Trinajstić information content (AvgIpc) is 3.09. The minimum absolute atomic E-state index is 0.0151. The molecule has 0 atom stereocenters. The Balaban J connectivity index is 1.98. The van der Waals surface area contributed by atoms with Gasteiger partial charge in [-0.25, -0.2) is 4.98 Å². The Morgan fingerprint density at radius 3 is 2.73 bits per heavy atom. The Morgan fingerprint density at radius 2 is 2.08 bits per heavy atom. The number of anilines is 1. The molecule has 0 aliphatic heterocycles. The van der Waals surface area contributed by atoms with E-state index in [0.29, 0.717) is 21.4 Å². The molecular weight excluding hydrogens is 375 g/mol. The van der Waals surface area contributed by atoms with Crippen LogP contribution in [0.25, 0.3) is 22.0 Å². The molecule has 2 aromatic heterocycles. The monoisotopic (exact) mass is 392 g/mol. The fraction of sp³-hybridized carbons (Fsp3) is 0.278. The number of H-pyrrole nitrogens is 1. The third-order valence-corrected chi connectivity index (χ3v) is 4.31. The molecule has 0 bridgehead atoms. The van der Waals surface area contributed by atoms with Gasteiger partial charge in [-0.05, 0) is 38.5 Å². The number of pyridine rings is 1. The van der Waals surface area contributed by atoms with E-state index in [1.807, 2.05) is 32.9 Å². The first-order chi connectivity index (χ1) is 12.2. The van der Waals surface area contributed by atoms with E-state index in [0.717, 1.165) is 16.5 Å². The Hall–Kier alpha value is -2.31. The van der Waals surface area contributed by atoms with Gasteiger partial charge in [-0.15, -0.1) is 0 Å². The van der Waals surface area contributed by atoms with Crippen LogP contribution >= 0.6 is 23.2 Å². The van der Waals surface area contributed by atoms with Gasteiger partial charge >= 0.3 is 5.97 Å². The lowest BCUT2D eigenvalue weighted by atomic mass is 10.0. The van der Waals surface area contributed by atoms with Crippen molar-refractivity contribution in [1.82, 2.24) is 15.2 Å². The zero-order chi connectivity index (χ0) is 18.9. The standard InChI is InChI=1S/C18H18Cl2N4O2/c1-18(2,3)26-15(25)9-21-14-6-12(10-7-22-23-8-10)11-4-5-13(19)16(20)17(11)24-14/h4-8H,9H2,1-3H3,(H,21,24)(H,22,23). The van der Waals surface area contributed by atoms with E-state index in [4.69, 9.17) is 27.9 Å². The fourth-order valence-corrected chi connectivity index (χ4v) is 2.86. The number of esters is 1. The topological polar surface area (TPSA) is 79.9 Å². The second kappa shape index (κ2) is 7.13. The summed E-state index contributed by atoms with van der Waals surface area (Å²) in [7, 11) is 0. The van der Waals surface area contributed by atoms with Gasteiger partial charge in [0.2, 0.25) is 0 Å². The van der Waals surface area contributed by atoms with Gasteiger partial charge in [0.15, 0.2) is 0 Å². The highest BCUT2D eigenvalue weighted by Gasteiger charge is 2.17. The SMILES string of the molecule is CC(C)(C)OC(=O)CNc1cc(-c2cn[nH]c2)c2ccc(Cl)c(Cl)c2n1. The molecule has 0 amide bonds. The number of nitrogens with one attached hydrogen (secondary N) is 2. The number of hydrogen-bond donors (Lipinski definition) is 2. The molecule has 1 aromatic carbocycles. The minimum atomic E-state index is -0.547. The number of carbonyl (C=O) groups excluding carboxylic acids is 1. The zero-order valence-electron chi connectivity index (χ0n) is 14.6. The van der Waals surface area contributed by atoms with Gasteiger partial charge in [0.1, 0.15) is 18.0 Å². The number of nitrogens with zero attached hydrogens (tertiary/aromatic N) is 2. The van der Waals surface area contributed by atoms with E-state index in [2.05, 4.69) is 20.5 Å². The summed E-state index contributed by atoms with van der Waals surface area (Å²) < 4.78 is 5.30. The molecule has 0 saturated heterocycles. The second-order valence-electron chi connectivity index (χ2n) is 6.74. The van der Waals surface area contributed by atoms with E-state index in [-0.39, 0.29) is 12.5 Å². The number of halogens is 2. The molecule has 0 fully saturated rings. The Morgan fingerprint density at radius 1 is 1.31 bits per heavy atom. The van der Waals surface area contributed by atoms with E-state index in [1.165, 1.54) is 0 Å². The van der Waals surface area contributed by atoms with Crippen molar-refractivity contribution in [2.45, 2.75) is 26.4 Å². The van der Waals surface area contributed by atoms with Crippen molar-refractivity contribution >= 4 is 45.9 Å². The summed E-state index contributed by atoms with van der Waals surface area (Å²) in [6, 6.07) is 5.42. The zero-order valence-corrected chi connectivity index (χ0v) is 16.1. The van der Waals surface area contributed by atoms with Crippen LogP contribution in [-0.4, -0.2) is 33.3 Å². The lowest BCUT2D eigenvalue weighted by Crippen LogP contribution is -2.28. The summed E-state index contributed by atoms with van der Waals surface area (Å²) in [4.78, 5) is 16.5. The molecule has 0 spiro atoms. The summed E-state index contributed by atoms with van der Waals surface area (Å²) in [6.07, 6.45) is 3.48. The summed E-state index contributed by atoms with van der Waals surface area (Å²) in [5.41, 5.74) is 1.74. The van der Waals surface area contributed by atoms with Crippen LogP contribution in [0.5, 0.6) is 0 Å². The number of aromatic nitrogens is 3. The van der Waals surface area contributed by atoms with Crippen LogP contribution in [0.15, 0.2) is 30.6 Å². The summed E-state index contributed by atoms with van der Waals surface area (Å²) in [5.74, 6) is 0.116. The van der Waals surface area contributed by atoms with Crippen molar-refractivity contribution in [2.75, 3.05) is 11.9 Å². The van der Waals surface area contributed by atoms with Crippen molar-refractivity contribution in [3.05, 3.63) is 40.6 Å². The molecule has 0 saturated carbocycles. The van der Waals surface area contributed by atoms with Gasteiger partial charge in [-0.2, -0.15) is 5.10 Å². The summed E-state index contributed by atoms with van der Waals surface area (Å²) in [6.45, 7) is 5.44. The van der Waals surface area contributed by atoms with Crippen LogP contribution < -0.4 is 5.32 Å². The number of hydrogen-bond acceptors (Lipinski definition) is 5. The first kappa shape index (κ1) is 18.5. The molecule has 6 nitrogen and oxygen atoms in total. The number of fused-ring (bicyclic) bond motifs is 1. The van der Waals surface area contributed by atoms with Gasteiger partial charge in [0, 0.05) is 17.1 Å². The smallest absolute Gasteiger partial charge is 0.325 e. The van der Waals surface area contributed by atoms with Crippen LogP contribution in [0.4, 0.5) is 5.82 Å². The molecule has 3 rings (SSSR count). The number of aromatic amines is 1. The van der Waals surface area contributed by atoms with E-state index < -0.39 is 5.60 Å². The predicted octanol–water partition coefficient (Wildman–Crippen LogP) is 4.69. The molecule has 0 radical (unpaired) electrons. The lowest BCUT2D eigenvalue weighted by Gasteiger charge is -2.19. The van der Waals surface area contributed by atoms with Gasteiger partial charge < -0.3 is 10.1 Å². The molecule has 0 aliphatic carbocycles.